The van der Waals surface area contributed by atoms with Gasteiger partial charge in [0.05, 0.1) is 18.9 Å². The third kappa shape index (κ3) is 5.86. The van der Waals surface area contributed by atoms with Gasteiger partial charge in [0.1, 0.15) is 5.52 Å². The van der Waals surface area contributed by atoms with Crippen LogP contribution in [0.4, 0.5) is 11.6 Å². The standard InChI is InChI=1S/C27H40N6O2/c1-26(2,3)11-12-33(18-19-9-8-10-20(17-19)32-13-15-35-16-14-32)25-28-21-22(24(34)29-25)31(7)30-23(21)27(4,5)6/h8-10,17H,11-16,18H2,1-7H3,(H,28,29,34). The minimum Gasteiger partial charge on any atom is -0.378 e. The fraction of sp³-hybridized carbons (Fsp3) is 0.593. The van der Waals surface area contributed by atoms with E-state index >= 15 is 0 Å². The van der Waals surface area contributed by atoms with Crippen LogP contribution in [0.15, 0.2) is 29.1 Å². The van der Waals surface area contributed by atoms with Crippen molar-refractivity contribution in [3.8, 4) is 0 Å². The smallest absolute Gasteiger partial charge is 0.278 e. The summed E-state index contributed by atoms with van der Waals surface area (Å²) >= 11 is 0. The Morgan fingerprint density at radius 1 is 1.11 bits per heavy atom. The molecular weight excluding hydrogens is 440 g/mol. The molecule has 0 unspecified atom stereocenters. The Hall–Kier alpha value is -2.87. The number of rotatable bonds is 6. The SMILES string of the molecule is Cn1nc(C(C)(C)C)c2nc(N(CCC(C)(C)C)Cc3cccc(N4CCOCC4)c3)[nH]c(=O)c21. The predicted octanol–water partition coefficient (Wildman–Crippen LogP) is 4.23. The van der Waals surface area contributed by atoms with Gasteiger partial charge in [-0.15, -0.1) is 0 Å². The number of nitrogens with one attached hydrogen (secondary N) is 1. The molecule has 2 aromatic heterocycles. The number of H-pyrrole nitrogens is 1. The minimum absolute atomic E-state index is 0.154. The molecule has 0 amide bonds. The number of aryl methyl sites for hydroxylation is 1. The van der Waals surface area contributed by atoms with Crippen LogP contribution in [0.1, 0.15) is 59.2 Å². The molecule has 8 heteroatoms. The number of hydrogen-bond donors (Lipinski definition) is 1. The van der Waals surface area contributed by atoms with E-state index in [1.54, 1.807) is 4.68 Å². The lowest BCUT2D eigenvalue weighted by Crippen LogP contribution is -2.36. The Morgan fingerprint density at radius 2 is 1.83 bits per heavy atom. The second-order valence-electron chi connectivity index (χ2n) is 11.8. The number of hydrogen-bond acceptors (Lipinski definition) is 6. The third-order valence-electron chi connectivity index (χ3n) is 6.48. The van der Waals surface area contributed by atoms with Crippen LogP contribution in [0.25, 0.3) is 11.0 Å². The molecule has 0 spiro atoms. The summed E-state index contributed by atoms with van der Waals surface area (Å²) in [7, 11) is 1.81. The Balaban J connectivity index is 1.72. The highest BCUT2D eigenvalue weighted by atomic mass is 16.5. The van der Waals surface area contributed by atoms with Gasteiger partial charge in [0.15, 0.2) is 5.52 Å². The van der Waals surface area contributed by atoms with Crippen molar-refractivity contribution in [2.45, 2.75) is 59.9 Å². The van der Waals surface area contributed by atoms with E-state index in [-0.39, 0.29) is 16.4 Å². The molecule has 0 saturated carbocycles. The number of benzene rings is 1. The Kier molecular flexibility index (Phi) is 6.95. The van der Waals surface area contributed by atoms with E-state index in [0.29, 0.717) is 23.5 Å². The Labute approximate surface area is 208 Å². The van der Waals surface area contributed by atoms with Crippen molar-refractivity contribution in [1.29, 1.82) is 0 Å². The van der Waals surface area contributed by atoms with Crippen LogP contribution in [0.3, 0.4) is 0 Å². The fourth-order valence-corrected chi connectivity index (χ4v) is 4.45. The number of aromatic nitrogens is 4. The number of nitrogens with zero attached hydrogens (tertiary/aromatic N) is 5. The van der Waals surface area contributed by atoms with Gasteiger partial charge in [-0.3, -0.25) is 14.5 Å². The van der Waals surface area contributed by atoms with Crippen LogP contribution in [-0.4, -0.2) is 52.6 Å². The van der Waals surface area contributed by atoms with Crippen molar-refractivity contribution in [1.82, 2.24) is 19.7 Å². The lowest BCUT2D eigenvalue weighted by molar-refractivity contribution is 0.122. The second-order valence-corrected chi connectivity index (χ2v) is 11.8. The second kappa shape index (κ2) is 9.64. The van der Waals surface area contributed by atoms with Gasteiger partial charge < -0.3 is 14.5 Å². The zero-order valence-electron chi connectivity index (χ0n) is 22.3. The van der Waals surface area contributed by atoms with E-state index in [0.717, 1.165) is 45.0 Å². The van der Waals surface area contributed by atoms with Crippen molar-refractivity contribution in [3.05, 3.63) is 45.9 Å². The van der Waals surface area contributed by atoms with E-state index < -0.39 is 0 Å². The summed E-state index contributed by atoms with van der Waals surface area (Å²) in [5.41, 5.74) is 4.22. The van der Waals surface area contributed by atoms with Gasteiger partial charge in [0.25, 0.3) is 5.56 Å². The summed E-state index contributed by atoms with van der Waals surface area (Å²) in [4.78, 5) is 25.8. The first-order valence-corrected chi connectivity index (χ1v) is 12.6. The summed E-state index contributed by atoms with van der Waals surface area (Å²) in [5, 5.41) is 4.65. The molecule has 0 atom stereocenters. The molecule has 0 bridgehead atoms. The third-order valence-corrected chi connectivity index (χ3v) is 6.48. The monoisotopic (exact) mass is 480 g/mol. The molecule has 1 saturated heterocycles. The Bertz CT molecular complexity index is 1230. The molecular formula is C27H40N6O2. The van der Waals surface area contributed by atoms with Crippen molar-refractivity contribution in [2.24, 2.45) is 12.5 Å². The van der Waals surface area contributed by atoms with Crippen LogP contribution in [0.5, 0.6) is 0 Å². The van der Waals surface area contributed by atoms with Gasteiger partial charge in [-0.05, 0) is 29.5 Å². The molecule has 1 N–H and O–H groups in total. The zero-order chi connectivity index (χ0) is 25.4. The summed E-state index contributed by atoms with van der Waals surface area (Å²) < 4.78 is 7.17. The number of fused-ring (bicyclic) bond motifs is 1. The summed E-state index contributed by atoms with van der Waals surface area (Å²) in [6.07, 6.45) is 0.969. The maximum absolute atomic E-state index is 13.2. The van der Waals surface area contributed by atoms with Crippen molar-refractivity contribution >= 4 is 22.7 Å². The van der Waals surface area contributed by atoms with Crippen LogP contribution < -0.4 is 15.4 Å². The van der Waals surface area contributed by atoms with Crippen LogP contribution in [-0.2, 0) is 23.7 Å². The molecule has 1 aliphatic heterocycles. The van der Waals surface area contributed by atoms with E-state index in [1.807, 2.05) is 7.05 Å². The Morgan fingerprint density at radius 3 is 2.49 bits per heavy atom. The van der Waals surface area contributed by atoms with Gasteiger partial charge in [0.2, 0.25) is 5.95 Å². The highest BCUT2D eigenvalue weighted by Gasteiger charge is 2.26. The minimum atomic E-state index is -0.222. The molecule has 4 rings (SSSR count). The summed E-state index contributed by atoms with van der Waals surface area (Å²) in [6.45, 7) is 17.8. The van der Waals surface area contributed by atoms with E-state index in [4.69, 9.17) is 9.72 Å². The van der Waals surface area contributed by atoms with Crippen molar-refractivity contribution in [2.75, 3.05) is 42.6 Å². The topological polar surface area (TPSA) is 79.3 Å². The molecule has 8 nitrogen and oxygen atoms in total. The van der Waals surface area contributed by atoms with Crippen molar-refractivity contribution < 1.29 is 4.74 Å². The first-order valence-electron chi connectivity index (χ1n) is 12.6. The first kappa shape index (κ1) is 25.2. The van der Waals surface area contributed by atoms with Gasteiger partial charge in [-0.2, -0.15) is 5.10 Å². The van der Waals surface area contributed by atoms with Crippen LogP contribution >= 0.6 is 0 Å². The quantitative estimate of drug-likeness (QED) is 0.569. The molecule has 1 fully saturated rings. The molecule has 3 heterocycles. The fourth-order valence-electron chi connectivity index (χ4n) is 4.45. The van der Waals surface area contributed by atoms with Gasteiger partial charge in [-0.25, -0.2) is 4.98 Å². The number of morpholine rings is 1. The molecule has 35 heavy (non-hydrogen) atoms. The van der Waals surface area contributed by atoms with Gasteiger partial charge >= 0.3 is 0 Å². The predicted molar refractivity (Wildman–Crippen MR) is 142 cm³/mol. The molecule has 0 radical (unpaired) electrons. The normalized spacial score (nSPS) is 15.1. The van der Waals surface area contributed by atoms with Gasteiger partial charge in [-0.1, -0.05) is 53.7 Å². The lowest BCUT2D eigenvalue weighted by Gasteiger charge is -2.30. The average Bonchev–Trinajstić information content (AvgIpc) is 3.14. The number of ether oxygens (including phenoxy) is 1. The zero-order valence-corrected chi connectivity index (χ0v) is 22.3. The maximum atomic E-state index is 13.2. The van der Waals surface area contributed by atoms with Crippen LogP contribution in [0.2, 0.25) is 0 Å². The highest BCUT2D eigenvalue weighted by Crippen LogP contribution is 2.28. The molecule has 1 aliphatic rings. The summed E-state index contributed by atoms with van der Waals surface area (Å²) in [5.74, 6) is 0.599. The molecule has 1 aromatic carbocycles. The lowest BCUT2D eigenvalue weighted by atomic mass is 9.91. The van der Waals surface area contributed by atoms with E-state index in [2.05, 4.69) is 85.7 Å². The molecule has 190 valence electrons. The first-order chi connectivity index (χ1) is 16.4. The summed E-state index contributed by atoms with van der Waals surface area (Å²) in [6, 6.07) is 8.66. The number of anilines is 2. The molecule has 3 aromatic rings. The van der Waals surface area contributed by atoms with Gasteiger partial charge in [0, 0.05) is 44.3 Å². The van der Waals surface area contributed by atoms with E-state index in [1.165, 1.54) is 11.3 Å². The largest absolute Gasteiger partial charge is 0.378 e. The average molecular weight is 481 g/mol. The van der Waals surface area contributed by atoms with Crippen LogP contribution in [0, 0.1) is 5.41 Å². The maximum Gasteiger partial charge on any atom is 0.278 e. The highest BCUT2D eigenvalue weighted by molar-refractivity contribution is 5.79. The van der Waals surface area contributed by atoms with Crippen molar-refractivity contribution in [3.63, 3.8) is 0 Å². The molecule has 0 aliphatic carbocycles. The van der Waals surface area contributed by atoms with E-state index in [9.17, 15) is 4.79 Å². The number of aromatic amines is 1.